The van der Waals surface area contributed by atoms with Crippen molar-refractivity contribution in [1.82, 2.24) is 15.2 Å². The molecule has 0 atom stereocenters. The third-order valence-electron chi connectivity index (χ3n) is 4.57. The number of hydrogen-bond acceptors (Lipinski definition) is 6. The van der Waals surface area contributed by atoms with E-state index in [1.54, 1.807) is 6.20 Å². The summed E-state index contributed by atoms with van der Waals surface area (Å²) >= 11 is 6.18. The van der Waals surface area contributed by atoms with Crippen molar-refractivity contribution in [2.24, 2.45) is 0 Å². The Balaban J connectivity index is 1.39. The Bertz CT molecular complexity index is 893. The average molecular weight is 381 g/mol. The van der Waals surface area contributed by atoms with Gasteiger partial charge >= 0.3 is 0 Å². The van der Waals surface area contributed by atoms with E-state index < -0.39 is 0 Å². The van der Waals surface area contributed by atoms with Gasteiger partial charge in [-0.2, -0.15) is 10.1 Å². The molecule has 4 rings (SSSR count). The van der Waals surface area contributed by atoms with Crippen LogP contribution >= 0.6 is 11.6 Å². The zero-order chi connectivity index (χ0) is 18.5. The molecule has 1 aliphatic heterocycles. The van der Waals surface area contributed by atoms with Gasteiger partial charge in [0.05, 0.1) is 6.20 Å². The van der Waals surface area contributed by atoms with Crippen LogP contribution < -0.4 is 15.5 Å². The van der Waals surface area contributed by atoms with Gasteiger partial charge in [-0.15, -0.1) is 5.10 Å². The number of halogens is 1. The Morgan fingerprint density at radius 2 is 1.78 bits per heavy atom. The molecule has 6 nitrogen and oxygen atoms in total. The fourth-order valence-corrected chi connectivity index (χ4v) is 3.33. The molecule has 0 unspecified atom stereocenters. The van der Waals surface area contributed by atoms with Crippen molar-refractivity contribution in [2.75, 3.05) is 28.6 Å². The topological polar surface area (TPSA) is 66.0 Å². The van der Waals surface area contributed by atoms with Crippen LogP contribution in [0.1, 0.15) is 18.4 Å². The summed E-state index contributed by atoms with van der Waals surface area (Å²) in [7, 11) is 0. The minimum atomic E-state index is 0.452. The SMILES string of the molecule is Clc1ccccc1CNc1cnnc(Nc2ccc(N3CCCC3)cc2)n1. The largest absolute Gasteiger partial charge is 0.372 e. The molecule has 27 heavy (non-hydrogen) atoms. The minimum absolute atomic E-state index is 0.452. The molecule has 0 amide bonds. The van der Waals surface area contributed by atoms with Crippen molar-refractivity contribution in [3.05, 3.63) is 65.3 Å². The Hall–Kier alpha value is -2.86. The standard InChI is InChI=1S/C20H21ClN6/c21-18-6-2-1-5-15(18)13-22-19-14-23-26-20(25-19)24-16-7-9-17(10-8-16)27-11-3-4-12-27/h1-2,5-10,14H,3-4,11-13H2,(H2,22,24,25,26). The Morgan fingerprint density at radius 3 is 2.56 bits per heavy atom. The lowest BCUT2D eigenvalue weighted by molar-refractivity contribution is 0.949. The Labute approximate surface area is 163 Å². The summed E-state index contributed by atoms with van der Waals surface area (Å²) in [4.78, 5) is 6.87. The van der Waals surface area contributed by atoms with Crippen molar-refractivity contribution in [2.45, 2.75) is 19.4 Å². The average Bonchev–Trinajstić information content (AvgIpc) is 3.23. The summed E-state index contributed by atoms with van der Waals surface area (Å²) in [5, 5.41) is 15.2. The van der Waals surface area contributed by atoms with Crippen LogP contribution in [0, 0.1) is 0 Å². The molecule has 2 N–H and O–H groups in total. The van der Waals surface area contributed by atoms with Crippen molar-refractivity contribution in [3.8, 4) is 0 Å². The fourth-order valence-electron chi connectivity index (χ4n) is 3.13. The van der Waals surface area contributed by atoms with Crippen molar-refractivity contribution in [3.63, 3.8) is 0 Å². The molecular formula is C20H21ClN6. The number of aromatic nitrogens is 3. The van der Waals surface area contributed by atoms with Gasteiger partial charge in [0.1, 0.15) is 0 Å². The maximum Gasteiger partial charge on any atom is 0.249 e. The number of nitrogens with one attached hydrogen (secondary N) is 2. The van der Waals surface area contributed by atoms with Crippen LogP contribution in [0.15, 0.2) is 54.7 Å². The van der Waals surface area contributed by atoms with Gasteiger partial charge in [-0.25, -0.2) is 0 Å². The molecule has 138 valence electrons. The van der Waals surface area contributed by atoms with Crippen LogP contribution in [0.3, 0.4) is 0 Å². The first-order valence-electron chi connectivity index (χ1n) is 9.07. The van der Waals surface area contributed by atoms with Gasteiger partial charge in [-0.05, 0) is 48.7 Å². The molecule has 0 saturated carbocycles. The first-order valence-corrected chi connectivity index (χ1v) is 9.45. The van der Waals surface area contributed by atoms with E-state index in [0.29, 0.717) is 18.3 Å². The highest BCUT2D eigenvalue weighted by molar-refractivity contribution is 6.31. The van der Waals surface area contributed by atoms with E-state index in [1.807, 2.05) is 36.4 Å². The van der Waals surface area contributed by atoms with Crippen LogP contribution in [0.5, 0.6) is 0 Å². The van der Waals surface area contributed by atoms with Crippen molar-refractivity contribution >= 4 is 34.7 Å². The molecule has 2 aromatic carbocycles. The molecule has 7 heteroatoms. The molecule has 1 aromatic heterocycles. The van der Waals surface area contributed by atoms with E-state index in [2.05, 4.69) is 42.8 Å². The van der Waals surface area contributed by atoms with E-state index >= 15 is 0 Å². The number of nitrogens with zero attached hydrogens (tertiary/aromatic N) is 4. The summed E-state index contributed by atoms with van der Waals surface area (Å²) in [5.41, 5.74) is 3.19. The molecule has 0 spiro atoms. The number of benzene rings is 2. The number of anilines is 4. The summed E-state index contributed by atoms with van der Waals surface area (Å²) in [6.45, 7) is 2.85. The fraction of sp³-hybridized carbons (Fsp3) is 0.250. The minimum Gasteiger partial charge on any atom is -0.372 e. The number of rotatable bonds is 6. The van der Waals surface area contributed by atoms with Crippen LogP contribution in [-0.2, 0) is 6.54 Å². The van der Waals surface area contributed by atoms with Gasteiger partial charge < -0.3 is 15.5 Å². The predicted molar refractivity (Wildman–Crippen MR) is 110 cm³/mol. The third-order valence-corrected chi connectivity index (χ3v) is 4.94. The normalized spacial score (nSPS) is 13.6. The maximum atomic E-state index is 6.18. The lowest BCUT2D eigenvalue weighted by Crippen LogP contribution is -2.17. The van der Waals surface area contributed by atoms with E-state index in [9.17, 15) is 0 Å². The van der Waals surface area contributed by atoms with Gasteiger partial charge in [-0.3, -0.25) is 0 Å². The quantitative estimate of drug-likeness (QED) is 0.657. The lowest BCUT2D eigenvalue weighted by Gasteiger charge is -2.17. The first-order chi connectivity index (χ1) is 13.3. The summed E-state index contributed by atoms with van der Waals surface area (Å²) in [5.74, 6) is 1.09. The monoisotopic (exact) mass is 380 g/mol. The predicted octanol–water partition coefficient (Wildman–Crippen LogP) is 4.48. The van der Waals surface area contributed by atoms with E-state index in [4.69, 9.17) is 11.6 Å². The zero-order valence-electron chi connectivity index (χ0n) is 14.9. The molecular weight excluding hydrogens is 360 g/mol. The molecule has 1 saturated heterocycles. The second-order valence-electron chi connectivity index (χ2n) is 6.48. The lowest BCUT2D eigenvalue weighted by atomic mass is 10.2. The maximum absolute atomic E-state index is 6.18. The van der Waals surface area contributed by atoms with Crippen LogP contribution in [0.4, 0.5) is 23.1 Å². The van der Waals surface area contributed by atoms with Gasteiger partial charge in [-0.1, -0.05) is 29.8 Å². The van der Waals surface area contributed by atoms with E-state index in [-0.39, 0.29) is 0 Å². The first kappa shape index (κ1) is 17.5. The Morgan fingerprint density at radius 1 is 1.00 bits per heavy atom. The third kappa shape index (κ3) is 4.46. The van der Waals surface area contributed by atoms with Crippen LogP contribution in [-0.4, -0.2) is 28.3 Å². The molecule has 2 heterocycles. The van der Waals surface area contributed by atoms with Crippen molar-refractivity contribution < 1.29 is 0 Å². The summed E-state index contributed by atoms with van der Waals surface area (Å²) in [6.07, 6.45) is 4.14. The smallest absolute Gasteiger partial charge is 0.249 e. The van der Waals surface area contributed by atoms with Gasteiger partial charge in [0.15, 0.2) is 5.82 Å². The zero-order valence-corrected chi connectivity index (χ0v) is 15.7. The summed E-state index contributed by atoms with van der Waals surface area (Å²) in [6, 6.07) is 16.1. The number of hydrogen-bond donors (Lipinski definition) is 2. The van der Waals surface area contributed by atoms with Crippen molar-refractivity contribution in [1.29, 1.82) is 0 Å². The van der Waals surface area contributed by atoms with E-state index in [0.717, 1.165) is 29.4 Å². The second-order valence-corrected chi connectivity index (χ2v) is 6.88. The van der Waals surface area contributed by atoms with Crippen LogP contribution in [0.2, 0.25) is 5.02 Å². The van der Waals surface area contributed by atoms with Gasteiger partial charge in [0.25, 0.3) is 0 Å². The van der Waals surface area contributed by atoms with Gasteiger partial charge in [0.2, 0.25) is 5.95 Å². The summed E-state index contributed by atoms with van der Waals surface area (Å²) < 4.78 is 0. The highest BCUT2D eigenvalue weighted by Crippen LogP contribution is 2.23. The molecule has 0 radical (unpaired) electrons. The molecule has 0 aliphatic carbocycles. The highest BCUT2D eigenvalue weighted by atomic mass is 35.5. The Kier molecular flexibility index (Phi) is 5.34. The molecule has 1 aliphatic rings. The molecule has 3 aromatic rings. The molecule has 0 bridgehead atoms. The second kappa shape index (κ2) is 8.22. The van der Waals surface area contributed by atoms with Crippen LogP contribution in [0.25, 0.3) is 0 Å². The van der Waals surface area contributed by atoms with E-state index in [1.165, 1.54) is 18.5 Å². The van der Waals surface area contributed by atoms with Gasteiger partial charge in [0, 0.05) is 36.0 Å². The highest BCUT2D eigenvalue weighted by Gasteiger charge is 2.12. The molecule has 1 fully saturated rings.